The molecule has 0 saturated carbocycles. The highest BCUT2D eigenvalue weighted by atomic mass is 16.4. The largest absolute Gasteiger partial charge is 0.481 e. The summed E-state index contributed by atoms with van der Waals surface area (Å²) >= 11 is 0. The van der Waals surface area contributed by atoms with E-state index in [4.69, 9.17) is 15.6 Å². The predicted molar refractivity (Wildman–Crippen MR) is 72.2 cm³/mol. The van der Waals surface area contributed by atoms with Gasteiger partial charge in [0.15, 0.2) is 0 Å². The first-order chi connectivity index (χ1) is 8.61. The molecule has 0 saturated heterocycles. The van der Waals surface area contributed by atoms with Gasteiger partial charge in [0, 0.05) is 6.92 Å². The Kier molecular flexibility index (Phi) is 5.61. The summed E-state index contributed by atoms with van der Waals surface area (Å²) in [6, 6.07) is 20.2. The van der Waals surface area contributed by atoms with Crippen molar-refractivity contribution >= 4 is 5.97 Å². The SMILES string of the molecule is CC(=O)O.NC(c1ccccc1)c1ccccc1. The summed E-state index contributed by atoms with van der Waals surface area (Å²) in [5.41, 5.74) is 8.42. The Hall–Kier alpha value is -2.13. The van der Waals surface area contributed by atoms with Crippen LogP contribution in [0.5, 0.6) is 0 Å². The zero-order valence-corrected chi connectivity index (χ0v) is 10.3. The van der Waals surface area contributed by atoms with Crippen LogP contribution in [0.3, 0.4) is 0 Å². The number of benzene rings is 2. The van der Waals surface area contributed by atoms with Crippen molar-refractivity contribution in [3.8, 4) is 0 Å². The van der Waals surface area contributed by atoms with E-state index in [-0.39, 0.29) is 6.04 Å². The minimum Gasteiger partial charge on any atom is -0.481 e. The highest BCUT2D eigenvalue weighted by molar-refractivity contribution is 5.62. The Balaban J connectivity index is 0.000000357. The summed E-state index contributed by atoms with van der Waals surface area (Å²) in [7, 11) is 0. The minimum absolute atomic E-state index is 0.0163. The third kappa shape index (κ3) is 4.80. The van der Waals surface area contributed by atoms with E-state index in [9.17, 15) is 0 Å². The van der Waals surface area contributed by atoms with Gasteiger partial charge in [-0.1, -0.05) is 60.7 Å². The monoisotopic (exact) mass is 243 g/mol. The standard InChI is InChI=1S/C13H13N.C2H4O2/c14-13(11-7-3-1-4-8-11)12-9-5-2-6-10-12;1-2(3)4/h1-10,13H,14H2;1H3,(H,3,4). The number of carboxylic acids is 1. The van der Waals surface area contributed by atoms with Gasteiger partial charge in [0.05, 0.1) is 6.04 Å². The van der Waals surface area contributed by atoms with Gasteiger partial charge in [-0.25, -0.2) is 0 Å². The van der Waals surface area contributed by atoms with Crippen molar-refractivity contribution in [2.45, 2.75) is 13.0 Å². The van der Waals surface area contributed by atoms with Crippen molar-refractivity contribution in [1.82, 2.24) is 0 Å². The Morgan fingerprint density at radius 1 is 0.944 bits per heavy atom. The minimum atomic E-state index is -0.833. The zero-order chi connectivity index (χ0) is 13.4. The smallest absolute Gasteiger partial charge is 0.300 e. The van der Waals surface area contributed by atoms with E-state index in [1.54, 1.807) is 0 Å². The summed E-state index contributed by atoms with van der Waals surface area (Å²) in [5.74, 6) is -0.833. The van der Waals surface area contributed by atoms with Crippen LogP contribution in [0.25, 0.3) is 0 Å². The molecule has 0 fully saturated rings. The van der Waals surface area contributed by atoms with Crippen molar-refractivity contribution < 1.29 is 9.90 Å². The van der Waals surface area contributed by atoms with E-state index in [1.165, 1.54) is 0 Å². The lowest BCUT2D eigenvalue weighted by molar-refractivity contribution is -0.134. The summed E-state index contributed by atoms with van der Waals surface area (Å²) in [4.78, 5) is 9.00. The second kappa shape index (κ2) is 7.25. The van der Waals surface area contributed by atoms with Crippen molar-refractivity contribution in [3.63, 3.8) is 0 Å². The van der Waals surface area contributed by atoms with Crippen LogP contribution in [0.15, 0.2) is 60.7 Å². The molecular formula is C15H17NO2. The van der Waals surface area contributed by atoms with Gasteiger partial charge in [-0.05, 0) is 11.1 Å². The van der Waals surface area contributed by atoms with Crippen LogP contribution in [-0.2, 0) is 4.79 Å². The third-order valence-electron chi connectivity index (χ3n) is 2.32. The van der Waals surface area contributed by atoms with Gasteiger partial charge in [-0.2, -0.15) is 0 Å². The molecule has 0 amide bonds. The maximum atomic E-state index is 9.00. The number of hydrogen-bond acceptors (Lipinski definition) is 2. The lowest BCUT2D eigenvalue weighted by Gasteiger charge is -2.11. The first kappa shape index (κ1) is 13.9. The Bertz CT molecular complexity index is 425. The molecule has 3 heteroatoms. The predicted octanol–water partition coefficient (Wildman–Crippen LogP) is 2.83. The molecular weight excluding hydrogens is 226 g/mol. The highest BCUT2D eigenvalue weighted by Gasteiger charge is 2.06. The summed E-state index contributed by atoms with van der Waals surface area (Å²) in [5, 5.41) is 7.42. The van der Waals surface area contributed by atoms with Crippen molar-refractivity contribution in [3.05, 3.63) is 71.8 Å². The first-order valence-corrected chi connectivity index (χ1v) is 5.66. The number of rotatable bonds is 2. The third-order valence-corrected chi connectivity index (χ3v) is 2.32. The Morgan fingerprint density at radius 3 is 1.50 bits per heavy atom. The van der Waals surface area contributed by atoms with Gasteiger partial charge < -0.3 is 10.8 Å². The van der Waals surface area contributed by atoms with Crippen molar-refractivity contribution in [1.29, 1.82) is 0 Å². The van der Waals surface area contributed by atoms with Gasteiger partial charge in [0.2, 0.25) is 0 Å². The van der Waals surface area contributed by atoms with E-state index >= 15 is 0 Å². The molecule has 0 aliphatic heterocycles. The fourth-order valence-corrected chi connectivity index (χ4v) is 1.51. The molecule has 18 heavy (non-hydrogen) atoms. The molecule has 0 aliphatic rings. The molecule has 0 heterocycles. The molecule has 0 aliphatic carbocycles. The second-order valence-electron chi connectivity index (χ2n) is 3.82. The van der Waals surface area contributed by atoms with Crippen LogP contribution in [0.4, 0.5) is 0 Å². The molecule has 2 aromatic rings. The van der Waals surface area contributed by atoms with Crippen LogP contribution in [0.2, 0.25) is 0 Å². The molecule has 0 spiro atoms. The molecule has 3 N–H and O–H groups in total. The van der Waals surface area contributed by atoms with Crippen molar-refractivity contribution in [2.24, 2.45) is 5.73 Å². The first-order valence-electron chi connectivity index (χ1n) is 5.66. The highest BCUT2D eigenvalue weighted by Crippen LogP contribution is 2.18. The van der Waals surface area contributed by atoms with Gasteiger partial charge in [0.1, 0.15) is 0 Å². The van der Waals surface area contributed by atoms with Crippen LogP contribution in [0, 0.1) is 0 Å². The topological polar surface area (TPSA) is 63.3 Å². The fourth-order valence-electron chi connectivity index (χ4n) is 1.51. The average Bonchev–Trinajstić information content (AvgIpc) is 2.39. The fraction of sp³-hybridized carbons (Fsp3) is 0.133. The van der Waals surface area contributed by atoms with Crippen LogP contribution in [0.1, 0.15) is 24.1 Å². The van der Waals surface area contributed by atoms with Crippen LogP contribution >= 0.6 is 0 Å². The van der Waals surface area contributed by atoms with E-state index in [0.29, 0.717) is 0 Å². The second-order valence-corrected chi connectivity index (χ2v) is 3.82. The van der Waals surface area contributed by atoms with E-state index in [1.807, 2.05) is 36.4 Å². The molecule has 3 nitrogen and oxygen atoms in total. The average molecular weight is 243 g/mol. The molecule has 0 unspecified atom stereocenters. The number of carboxylic acid groups (broad SMARTS) is 1. The quantitative estimate of drug-likeness (QED) is 0.852. The molecule has 0 bridgehead atoms. The molecule has 0 radical (unpaired) electrons. The number of hydrogen-bond donors (Lipinski definition) is 2. The van der Waals surface area contributed by atoms with Crippen molar-refractivity contribution in [2.75, 3.05) is 0 Å². The molecule has 2 aromatic carbocycles. The molecule has 2 rings (SSSR count). The Morgan fingerprint density at radius 2 is 1.22 bits per heavy atom. The van der Waals surface area contributed by atoms with Gasteiger partial charge >= 0.3 is 0 Å². The zero-order valence-electron chi connectivity index (χ0n) is 10.3. The molecule has 94 valence electrons. The van der Waals surface area contributed by atoms with E-state index in [2.05, 4.69) is 24.3 Å². The van der Waals surface area contributed by atoms with Gasteiger partial charge in [-0.15, -0.1) is 0 Å². The summed E-state index contributed by atoms with van der Waals surface area (Å²) < 4.78 is 0. The van der Waals surface area contributed by atoms with E-state index < -0.39 is 5.97 Å². The molecule has 0 aromatic heterocycles. The maximum Gasteiger partial charge on any atom is 0.300 e. The van der Waals surface area contributed by atoms with Crippen LogP contribution < -0.4 is 5.73 Å². The maximum absolute atomic E-state index is 9.00. The van der Waals surface area contributed by atoms with Gasteiger partial charge in [-0.3, -0.25) is 4.79 Å². The lowest BCUT2D eigenvalue weighted by atomic mass is 10.00. The number of aliphatic carboxylic acids is 1. The normalized spacial score (nSPS) is 9.50. The van der Waals surface area contributed by atoms with E-state index in [0.717, 1.165) is 18.1 Å². The summed E-state index contributed by atoms with van der Waals surface area (Å²) in [6.07, 6.45) is 0. The lowest BCUT2D eigenvalue weighted by Crippen LogP contribution is -2.11. The summed E-state index contributed by atoms with van der Waals surface area (Å²) in [6.45, 7) is 1.08. The Labute approximate surface area is 107 Å². The van der Waals surface area contributed by atoms with Crippen LogP contribution in [-0.4, -0.2) is 11.1 Å². The van der Waals surface area contributed by atoms with Gasteiger partial charge in [0.25, 0.3) is 5.97 Å². The molecule has 0 atom stereocenters. The number of carbonyl (C=O) groups is 1. The number of nitrogens with two attached hydrogens (primary N) is 1.